The van der Waals surface area contributed by atoms with Crippen molar-refractivity contribution in [1.29, 1.82) is 0 Å². The van der Waals surface area contributed by atoms with Crippen LogP contribution < -0.4 is 0 Å². The van der Waals surface area contributed by atoms with Crippen LogP contribution in [0.4, 0.5) is 0 Å². The fourth-order valence-corrected chi connectivity index (χ4v) is 1.54. The van der Waals surface area contributed by atoms with Crippen LogP contribution in [-0.2, 0) is 11.2 Å². The normalized spacial score (nSPS) is 9.93. The van der Waals surface area contributed by atoms with Crippen molar-refractivity contribution >= 4 is 21.9 Å². The van der Waals surface area contributed by atoms with E-state index in [0.717, 1.165) is 5.56 Å². The number of rotatable bonds is 2. The third-order valence-corrected chi connectivity index (χ3v) is 2.59. The highest BCUT2D eigenvalue weighted by molar-refractivity contribution is 9.10. The summed E-state index contributed by atoms with van der Waals surface area (Å²) in [4.78, 5) is 11.3. The minimum atomic E-state index is -0.387. The topological polar surface area (TPSA) is 46.5 Å². The molecule has 1 aromatic rings. The Hall–Kier alpha value is -1.03. The summed E-state index contributed by atoms with van der Waals surface area (Å²) in [6.07, 6.45) is 0.672. The number of hydrogen-bond acceptors (Lipinski definition) is 3. The predicted octanol–water partition coefficient (Wildman–Crippen LogP) is 2.50. The highest BCUT2D eigenvalue weighted by atomic mass is 79.9. The lowest BCUT2D eigenvalue weighted by atomic mass is 10.1. The molecule has 1 aromatic carbocycles. The van der Waals surface area contributed by atoms with Crippen molar-refractivity contribution in [3.8, 4) is 5.75 Å². The average molecular weight is 259 g/mol. The summed E-state index contributed by atoms with van der Waals surface area (Å²) in [5.74, 6) is -0.253. The van der Waals surface area contributed by atoms with Gasteiger partial charge in [0.25, 0.3) is 0 Å². The lowest BCUT2D eigenvalue weighted by molar-refractivity contribution is 0.0599. The van der Waals surface area contributed by atoms with Gasteiger partial charge in [0.05, 0.1) is 17.1 Å². The molecule has 0 heterocycles. The van der Waals surface area contributed by atoms with Crippen LogP contribution in [0.15, 0.2) is 16.6 Å². The van der Waals surface area contributed by atoms with Gasteiger partial charge < -0.3 is 9.84 Å². The number of hydrogen-bond donors (Lipinski definition) is 1. The molecule has 1 rings (SSSR count). The molecule has 76 valence electrons. The average Bonchev–Trinajstić information content (AvgIpc) is 2.20. The van der Waals surface area contributed by atoms with Crippen molar-refractivity contribution in [2.24, 2.45) is 0 Å². The quantitative estimate of drug-likeness (QED) is 0.830. The predicted molar refractivity (Wildman–Crippen MR) is 56.5 cm³/mol. The number of methoxy groups -OCH3 is 1. The summed E-state index contributed by atoms with van der Waals surface area (Å²) < 4.78 is 5.13. The van der Waals surface area contributed by atoms with Crippen LogP contribution in [0, 0.1) is 0 Å². The monoisotopic (exact) mass is 258 g/mol. The highest BCUT2D eigenvalue weighted by Crippen LogP contribution is 2.28. The van der Waals surface area contributed by atoms with Gasteiger partial charge in [0.2, 0.25) is 0 Å². The van der Waals surface area contributed by atoms with E-state index in [1.54, 1.807) is 12.1 Å². The van der Waals surface area contributed by atoms with Gasteiger partial charge in [-0.2, -0.15) is 0 Å². The van der Waals surface area contributed by atoms with Crippen molar-refractivity contribution in [2.75, 3.05) is 7.11 Å². The summed E-state index contributed by atoms with van der Waals surface area (Å²) in [5.41, 5.74) is 1.26. The first-order chi connectivity index (χ1) is 6.60. The Kier molecular flexibility index (Phi) is 3.52. The minimum absolute atomic E-state index is 0.134. The molecule has 4 heteroatoms. The Bertz CT molecular complexity index is 361. The molecule has 0 bridgehead atoms. The molecule has 0 atom stereocenters. The molecule has 14 heavy (non-hydrogen) atoms. The molecule has 0 saturated heterocycles. The summed E-state index contributed by atoms with van der Waals surface area (Å²) in [7, 11) is 1.34. The first kappa shape index (κ1) is 11.0. The third kappa shape index (κ3) is 2.07. The fourth-order valence-electron chi connectivity index (χ4n) is 1.20. The Morgan fingerprint density at radius 3 is 2.71 bits per heavy atom. The minimum Gasteiger partial charge on any atom is -0.507 e. The lowest BCUT2D eigenvalue weighted by Gasteiger charge is -2.07. The number of carbonyl (C=O) groups excluding carboxylic acids is 1. The first-order valence-electron chi connectivity index (χ1n) is 4.19. The molecule has 0 unspecified atom stereocenters. The van der Waals surface area contributed by atoms with E-state index in [1.165, 1.54) is 7.11 Å². The van der Waals surface area contributed by atoms with Crippen LogP contribution in [0.25, 0.3) is 0 Å². The first-order valence-corrected chi connectivity index (χ1v) is 4.99. The highest BCUT2D eigenvalue weighted by Gasteiger charge is 2.13. The van der Waals surface area contributed by atoms with E-state index in [1.807, 2.05) is 6.92 Å². The number of aromatic hydroxyl groups is 1. The molecular weight excluding hydrogens is 248 g/mol. The van der Waals surface area contributed by atoms with Gasteiger partial charge in [0, 0.05) is 0 Å². The smallest absolute Gasteiger partial charge is 0.338 e. The van der Waals surface area contributed by atoms with Gasteiger partial charge in [-0.25, -0.2) is 4.79 Å². The molecule has 3 nitrogen and oxygen atoms in total. The van der Waals surface area contributed by atoms with E-state index in [4.69, 9.17) is 0 Å². The second-order valence-electron chi connectivity index (χ2n) is 2.81. The van der Waals surface area contributed by atoms with Crippen molar-refractivity contribution in [3.63, 3.8) is 0 Å². The molecule has 0 aliphatic heterocycles. The Balaban J connectivity index is 3.27. The summed E-state index contributed by atoms with van der Waals surface area (Å²) in [6.45, 7) is 1.91. The van der Waals surface area contributed by atoms with Crippen molar-refractivity contribution in [2.45, 2.75) is 13.3 Å². The number of aryl methyl sites for hydroxylation is 1. The number of esters is 1. The fraction of sp³-hybridized carbons (Fsp3) is 0.300. The van der Waals surface area contributed by atoms with Gasteiger partial charge in [-0.05, 0) is 40.0 Å². The lowest BCUT2D eigenvalue weighted by Crippen LogP contribution is -2.05. The zero-order valence-electron chi connectivity index (χ0n) is 8.00. The molecule has 0 aliphatic rings. The second-order valence-corrected chi connectivity index (χ2v) is 3.66. The van der Waals surface area contributed by atoms with E-state index in [-0.39, 0.29) is 11.7 Å². The van der Waals surface area contributed by atoms with Gasteiger partial charge in [-0.15, -0.1) is 0 Å². The molecule has 0 aliphatic carbocycles. The standard InChI is InChI=1S/C10H11BrO3/c1-3-6-4-9(12)8(11)5-7(6)10(13)14-2/h4-5,12H,3H2,1-2H3. The maximum atomic E-state index is 11.3. The Morgan fingerprint density at radius 1 is 1.57 bits per heavy atom. The molecule has 1 N–H and O–H groups in total. The van der Waals surface area contributed by atoms with Crippen LogP contribution in [0.2, 0.25) is 0 Å². The number of phenols is 1. The Labute approximate surface area is 90.8 Å². The largest absolute Gasteiger partial charge is 0.507 e. The molecule has 0 aromatic heterocycles. The summed E-state index contributed by atoms with van der Waals surface area (Å²) in [5, 5.41) is 9.41. The van der Waals surface area contributed by atoms with Gasteiger partial charge in [-0.1, -0.05) is 6.92 Å². The third-order valence-electron chi connectivity index (χ3n) is 1.96. The van der Waals surface area contributed by atoms with Gasteiger partial charge in [0.15, 0.2) is 0 Å². The zero-order valence-corrected chi connectivity index (χ0v) is 9.59. The van der Waals surface area contributed by atoms with Crippen molar-refractivity contribution in [3.05, 3.63) is 27.7 Å². The molecule has 0 saturated carbocycles. The van der Waals surface area contributed by atoms with E-state index >= 15 is 0 Å². The zero-order chi connectivity index (χ0) is 10.7. The summed E-state index contributed by atoms with van der Waals surface area (Å²) in [6, 6.07) is 3.14. The summed E-state index contributed by atoms with van der Waals surface area (Å²) >= 11 is 3.15. The molecule has 0 spiro atoms. The molecular formula is C10H11BrO3. The number of phenolic OH excluding ortho intramolecular Hbond substituents is 1. The van der Waals surface area contributed by atoms with Gasteiger partial charge >= 0.3 is 5.97 Å². The van der Waals surface area contributed by atoms with Gasteiger partial charge in [-0.3, -0.25) is 0 Å². The molecule has 0 amide bonds. The van der Waals surface area contributed by atoms with Crippen LogP contribution in [0.5, 0.6) is 5.75 Å². The maximum absolute atomic E-state index is 11.3. The van der Waals surface area contributed by atoms with E-state index < -0.39 is 0 Å². The maximum Gasteiger partial charge on any atom is 0.338 e. The van der Waals surface area contributed by atoms with E-state index in [9.17, 15) is 9.90 Å². The van der Waals surface area contributed by atoms with E-state index in [2.05, 4.69) is 20.7 Å². The number of halogens is 1. The van der Waals surface area contributed by atoms with E-state index in [0.29, 0.717) is 16.5 Å². The van der Waals surface area contributed by atoms with Crippen molar-refractivity contribution in [1.82, 2.24) is 0 Å². The second kappa shape index (κ2) is 4.46. The molecule has 0 radical (unpaired) electrons. The van der Waals surface area contributed by atoms with Crippen molar-refractivity contribution < 1.29 is 14.6 Å². The van der Waals surface area contributed by atoms with Crippen LogP contribution in [-0.4, -0.2) is 18.2 Å². The molecule has 0 fully saturated rings. The SMILES string of the molecule is CCc1cc(O)c(Br)cc1C(=O)OC. The van der Waals surface area contributed by atoms with Gasteiger partial charge in [0.1, 0.15) is 5.75 Å². The Morgan fingerprint density at radius 2 is 2.21 bits per heavy atom. The number of carbonyl (C=O) groups is 1. The van der Waals surface area contributed by atoms with Crippen LogP contribution >= 0.6 is 15.9 Å². The van der Waals surface area contributed by atoms with Crippen LogP contribution in [0.3, 0.4) is 0 Å². The number of ether oxygens (including phenoxy) is 1. The van der Waals surface area contributed by atoms with Crippen LogP contribution in [0.1, 0.15) is 22.8 Å². The number of benzene rings is 1.